The zero-order valence-corrected chi connectivity index (χ0v) is 15.9. The number of nitrogens with one attached hydrogen (secondary N) is 1. The van der Waals surface area contributed by atoms with Crippen LogP contribution >= 0.6 is 11.8 Å². The van der Waals surface area contributed by atoms with Gasteiger partial charge in [-0.2, -0.15) is 0 Å². The monoisotopic (exact) mass is 386 g/mol. The van der Waals surface area contributed by atoms with Crippen LogP contribution in [0.1, 0.15) is 11.1 Å². The van der Waals surface area contributed by atoms with Gasteiger partial charge < -0.3 is 5.32 Å². The molecule has 0 spiro atoms. The number of carbonyl (C=O) groups excluding carboxylic acids is 1. The molecule has 1 atom stereocenters. The Kier molecular flexibility index (Phi) is 4.33. The zero-order valence-electron chi connectivity index (χ0n) is 15.1. The van der Waals surface area contributed by atoms with Crippen molar-refractivity contribution < 1.29 is 4.79 Å². The van der Waals surface area contributed by atoms with E-state index in [1.165, 1.54) is 10.5 Å². The Balaban J connectivity index is 1.24. The minimum Gasteiger partial charge on any atom is -0.351 e. The zero-order chi connectivity index (χ0) is 18.9. The molecule has 2 aromatic heterocycles. The molecule has 4 aromatic rings. The van der Waals surface area contributed by atoms with Crippen LogP contribution < -0.4 is 5.32 Å². The maximum Gasteiger partial charge on any atom is 0.234 e. The highest BCUT2D eigenvalue weighted by molar-refractivity contribution is 8.01. The number of nitrogens with zero attached hydrogens (tertiary/aromatic N) is 3. The Labute approximate surface area is 166 Å². The molecule has 28 heavy (non-hydrogen) atoms. The number of rotatable bonds is 4. The molecule has 2 aromatic carbocycles. The van der Waals surface area contributed by atoms with Crippen molar-refractivity contribution in [2.24, 2.45) is 0 Å². The van der Waals surface area contributed by atoms with E-state index in [0.29, 0.717) is 6.54 Å². The van der Waals surface area contributed by atoms with E-state index in [0.717, 1.165) is 28.8 Å². The van der Waals surface area contributed by atoms with Gasteiger partial charge in [-0.05, 0) is 41.8 Å². The SMILES string of the molecule is O=C(NCc1ccc(-n2cnc3ccccc32)nc1)C1Cc2ccccc2S1. The number of fused-ring (bicyclic) bond motifs is 2. The predicted molar refractivity (Wildman–Crippen MR) is 111 cm³/mol. The molecule has 138 valence electrons. The summed E-state index contributed by atoms with van der Waals surface area (Å²) < 4.78 is 1.96. The van der Waals surface area contributed by atoms with Crippen LogP contribution in [0.3, 0.4) is 0 Å². The van der Waals surface area contributed by atoms with Gasteiger partial charge in [0.2, 0.25) is 5.91 Å². The largest absolute Gasteiger partial charge is 0.351 e. The summed E-state index contributed by atoms with van der Waals surface area (Å²) in [6.07, 6.45) is 4.38. The summed E-state index contributed by atoms with van der Waals surface area (Å²) in [7, 11) is 0. The third-order valence-electron chi connectivity index (χ3n) is 4.92. The predicted octanol–water partition coefficient (Wildman–Crippen LogP) is 3.75. The molecule has 1 N–H and O–H groups in total. The number of carbonyl (C=O) groups is 1. The van der Waals surface area contributed by atoms with Crippen LogP contribution in [0.2, 0.25) is 0 Å². The molecule has 0 saturated heterocycles. The lowest BCUT2D eigenvalue weighted by molar-refractivity contribution is -0.120. The van der Waals surface area contributed by atoms with Crippen molar-refractivity contribution >= 4 is 28.7 Å². The average molecular weight is 386 g/mol. The Morgan fingerprint density at radius 1 is 1.07 bits per heavy atom. The van der Waals surface area contributed by atoms with Crippen LogP contribution in [-0.4, -0.2) is 25.7 Å². The van der Waals surface area contributed by atoms with Crippen molar-refractivity contribution in [3.63, 3.8) is 0 Å². The molecule has 1 aliphatic rings. The van der Waals surface area contributed by atoms with Crippen molar-refractivity contribution in [3.8, 4) is 5.82 Å². The van der Waals surface area contributed by atoms with Crippen LogP contribution in [0.4, 0.5) is 0 Å². The number of aromatic nitrogens is 3. The maximum absolute atomic E-state index is 12.5. The Morgan fingerprint density at radius 3 is 2.79 bits per heavy atom. The van der Waals surface area contributed by atoms with Crippen LogP contribution in [0.5, 0.6) is 0 Å². The lowest BCUT2D eigenvalue weighted by Gasteiger charge is -2.10. The lowest BCUT2D eigenvalue weighted by Crippen LogP contribution is -2.32. The van der Waals surface area contributed by atoms with Crippen molar-refractivity contribution in [2.45, 2.75) is 23.1 Å². The van der Waals surface area contributed by atoms with E-state index < -0.39 is 0 Å². The Morgan fingerprint density at radius 2 is 1.93 bits per heavy atom. The quantitative estimate of drug-likeness (QED) is 0.580. The molecule has 0 aliphatic carbocycles. The van der Waals surface area contributed by atoms with Crippen molar-refractivity contribution in [1.29, 1.82) is 0 Å². The van der Waals surface area contributed by atoms with Gasteiger partial charge >= 0.3 is 0 Å². The molecule has 0 fully saturated rings. The summed E-state index contributed by atoms with van der Waals surface area (Å²) in [4.78, 5) is 22.7. The highest BCUT2D eigenvalue weighted by Gasteiger charge is 2.27. The van der Waals surface area contributed by atoms with Gasteiger partial charge in [0.1, 0.15) is 12.1 Å². The van der Waals surface area contributed by atoms with E-state index in [9.17, 15) is 4.79 Å². The standard InChI is InChI=1S/C22H18N4OS/c27-22(20-11-16-5-1-4-8-19(16)28-20)24-13-15-9-10-21(23-12-15)26-14-25-17-6-2-3-7-18(17)26/h1-10,12,14,20H,11,13H2,(H,24,27). The molecule has 1 amide bonds. The Bertz CT molecular complexity index is 1130. The van der Waals surface area contributed by atoms with Gasteiger partial charge in [-0.1, -0.05) is 36.4 Å². The molecule has 6 heteroatoms. The highest BCUT2D eigenvalue weighted by atomic mass is 32.2. The first-order valence-electron chi connectivity index (χ1n) is 9.17. The second kappa shape index (κ2) is 7.13. The number of pyridine rings is 1. The van der Waals surface area contributed by atoms with E-state index in [-0.39, 0.29) is 11.2 Å². The number of imidazole rings is 1. The number of hydrogen-bond donors (Lipinski definition) is 1. The number of thioether (sulfide) groups is 1. The minimum atomic E-state index is -0.0538. The Hall–Kier alpha value is -3.12. The number of para-hydroxylation sites is 2. The number of hydrogen-bond acceptors (Lipinski definition) is 4. The molecule has 0 bridgehead atoms. The fraction of sp³-hybridized carbons (Fsp3) is 0.136. The fourth-order valence-electron chi connectivity index (χ4n) is 3.44. The van der Waals surface area contributed by atoms with Crippen molar-refractivity contribution in [1.82, 2.24) is 19.9 Å². The lowest BCUT2D eigenvalue weighted by atomic mass is 10.1. The van der Waals surface area contributed by atoms with Gasteiger partial charge in [0, 0.05) is 17.6 Å². The molecule has 3 heterocycles. The molecular formula is C22H18N4OS. The smallest absolute Gasteiger partial charge is 0.234 e. The van der Waals surface area contributed by atoms with Gasteiger partial charge in [0.25, 0.3) is 0 Å². The molecule has 1 aliphatic heterocycles. The maximum atomic E-state index is 12.5. The van der Waals surface area contributed by atoms with Gasteiger partial charge in [-0.15, -0.1) is 11.8 Å². The van der Waals surface area contributed by atoms with E-state index in [4.69, 9.17) is 0 Å². The van der Waals surface area contributed by atoms with Gasteiger partial charge in [0.05, 0.1) is 16.3 Å². The van der Waals surface area contributed by atoms with E-state index in [1.807, 2.05) is 53.1 Å². The van der Waals surface area contributed by atoms with E-state index in [2.05, 4.69) is 27.4 Å². The molecule has 0 radical (unpaired) electrons. The summed E-state index contributed by atoms with van der Waals surface area (Å²) in [5.74, 6) is 0.886. The first kappa shape index (κ1) is 17.0. The number of benzene rings is 2. The third kappa shape index (κ3) is 3.16. The normalized spacial score (nSPS) is 15.5. The summed E-state index contributed by atoms with van der Waals surface area (Å²) in [5.41, 5.74) is 4.19. The number of amides is 1. The summed E-state index contributed by atoms with van der Waals surface area (Å²) in [6, 6.07) is 20.1. The molecule has 5 rings (SSSR count). The van der Waals surface area contributed by atoms with Crippen LogP contribution in [0.25, 0.3) is 16.9 Å². The molecule has 5 nitrogen and oxygen atoms in total. The van der Waals surface area contributed by atoms with Gasteiger partial charge in [0.15, 0.2) is 0 Å². The molecule has 0 saturated carbocycles. The summed E-state index contributed by atoms with van der Waals surface area (Å²) >= 11 is 1.64. The molecular weight excluding hydrogens is 368 g/mol. The molecule has 1 unspecified atom stereocenters. The van der Waals surface area contributed by atoms with Crippen LogP contribution in [0, 0.1) is 0 Å². The second-order valence-corrected chi connectivity index (χ2v) is 8.01. The van der Waals surface area contributed by atoms with Gasteiger partial charge in [-0.25, -0.2) is 9.97 Å². The summed E-state index contributed by atoms with van der Waals surface area (Å²) in [5, 5.41) is 2.99. The third-order valence-corrected chi connectivity index (χ3v) is 6.23. The second-order valence-electron chi connectivity index (χ2n) is 6.76. The van der Waals surface area contributed by atoms with Crippen molar-refractivity contribution in [2.75, 3.05) is 0 Å². The topological polar surface area (TPSA) is 59.8 Å². The van der Waals surface area contributed by atoms with Gasteiger partial charge in [-0.3, -0.25) is 9.36 Å². The van der Waals surface area contributed by atoms with E-state index >= 15 is 0 Å². The van der Waals surface area contributed by atoms with Crippen LogP contribution in [-0.2, 0) is 17.8 Å². The average Bonchev–Trinajstić information content (AvgIpc) is 3.37. The fourth-order valence-corrected chi connectivity index (χ4v) is 4.66. The van der Waals surface area contributed by atoms with Crippen molar-refractivity contribution in [3.05, 3.63) is 84.3 Å². The minimum absolute atomic E-state index is 0.0538. The van der Waals surface area contributed by atoms with E-state index in [1.54, 1.807) is 24.3 Å². The first-order valence-corrected chi connectivity index (χ1v) is 10.1. The van der Waals surface area contributed by atoms with Crippen LogP contribution in [0.15, 0.2) is 78.1 Å². The summed E-state index contributed by atoms with van der Waals surface area (Å²) in [6.45, 7) is 0.476. The first-order chi connectivity index (χ1) is 13.8. The highest BCUT2D eigenvalue weighted by Crippen LogP contribution is 2.36.